The molecule has 0 atom stereocenters. The van der Waals surface area contributed by atoms with Gasteiger partial charge in [-0.15, -0.1) is 11.3 Å². The number of methoxy groups -OCH3 is 1. The molecule has 1 aliphatic heterocycles. The number of fused-ring (bicyclic) bond motifs is 4. The van der Waals surface area contributed by atoms with E-state index >= 15 is 0 Å². The third-order valence-corrected chi connectivity index (χ3v) is 5.98. The molecule has 2 aromatic carbocycles. The molecule has 136 valence electrons. The van der Waals surface area contributed by atoms with Gasteiger partial charge in [-0.2, -0.15) is 0 Å². The summed E-state index contributed by atoms with van der Waals surface area (Å²) in [5, 5.41) is 0.955. The maximum Gasteiger partial charge on any atom is 0.232 e. The summed E-state index contributed by atoms with van der Waals surface area (Å²) in [6, 6.07) is 8.23. The average molecular weight is 377 g/mol. The lowest BCUT2D eigenvalue weighted by atomic mass is 10.0. The van der Waals surface area contributed by atoms with E-state index in [0.29, 0.717) is 5.88 Å². The molecule has 0 fully saturated rings. The molecule has 0 unspecified atom stereocenters. The molecule has 0 radical (unpaired) electrons. The molecule has 6 heteroatoms. The Kier molecular flexibility index (Phi) is 3.43. The predicted octanol–water partition coefficient (Wildman–Crippen LogP) is 4.94. The first-order chi connectivity index (χ1) is 12.9. The molecule has 0 saturated heterocycles. The molecular formula is C21H19N3O2S. The molecule has 0 aliphatic carbocycles. The van der Waals surface area contributed by atoms with Crippen LogP contribution >= 0.6 is 11.3 Å². The fourth-order valence-corrected chi connectivity index (χ4v) is 4.79. The summed E-state index contributed by atoms with van der Waals surface area (Å²) in [5.74, 6) is 1.49. The van der Waals surface area contributed by atoms with Crippen LogP contribution in [0.4, 0.5) is 0 Å². The Morgan fingerprint density at radius 3 is 2.81 bits per heavy atom. The van der Waals surface area contributed by atoms with E-state index in [2.05, 4.69) is 36.8 Å². The van der Waals surface area contributed by atoms with E-state index in [0.717, 1.165) is 44.9 Å². The Morgan fingerprint density at radius 1 is 1.15 bits per heavy atom. The Labute approximate surface area is 161 Å². The fraction of sp³-hybridized carbons (Fsp3) is 0.286. The number of thiazole rings is 1. The van der Waals surface area contributed by atoms with Gasteiger partial charge in [0.2, 0.25) is 5.88 Å². The van der Waals surface area contributed by atoms with E-state index in [1.165, 1.54) is 10.3 Å². The second-order valence-corrected chi connectivity index (χ2v) is 8.54. The summed E-state index contributed by atoms with van der Waals surface area (Å²) >= 11 is 1.70. The molecular weight excluding hydrogens is 358 g/mol. The second-order valence-electron chi connectivity index (χ2n) is 7.54. The van der Waals surface area contributed by atoms with Crippen LogP contribution in [-0.4, -0.2) is 27.7 Å². The van der Waals surface area contributed by atoms with E-state index in [1.807, 2.05) is 18.2 Å². The molecule has 4 aromatic rings. The van der Waals surface area contributed by atoms with Crippen LogP contribution < -0.4 is 9.47 Å². The molecule has 5 rings (SSSR count). The van der Waals surface area contributed by atoms with Gasteiger partial charge in [-0.25, -0.2) is 15.0 Å². The molecule has 27 heavy (non-hydrogen) atoms. The van der Waals surface area contributed by atoms with Crippen molar-refractivity contribution in [3.05, 3.63) is 41.6 Å². The number of ether oxygens (including phenoxy) is 2. The number of benzene rings is 2. The molecule has 1 aliphatic rings. The minimum Gasteiger partial charge on any atom is -0.487 e. The predicted molar refractivity (Wildman–Crippen MR) is 108 cm³/mol. The van der Waals surface area contributed by atoms with Crippen molar-refractivity contribution in [2.45, 2.75) is 32.8 Å². The standard InChI is InChI=1S/C21H19N3O2S/c1-11-7-12(18-15(8-11)23-17(25-4)10-22-18)20-24-14-5-6-16-13(19(14)27-20)9-21(2,3)26-16/h5-8,10H,9H2,1-4H3. The van der Waals surface area contributed by atoms with Crippen molar-refractivity contribution in [3.63, 3.8) is 0 Å². The fourth-order valence-electron chi connectivity index (χ4n) is 3.68. The lowest BCUT2D eigenvalue weighted by Gasteiger charge is -2.16. The molecule has 0 bridgehead atoms. The third kappa shape index (κ3) is 2.63. The van der Waals surface area contributed by atoms with Crippen molar-refractivity contribution in [1.82, 2.24) is 15.0 Å². The van der Waals surface area contributed by atoms with Crippen molar-refractivity contribution < 1.29 is 9.47 Å². The molecule has 0 saturated carbocycles. The molecule has 2 aromatic heterocycles. The molecule has 3 heterocycles. The lowest BCUT2D eigenvalue weighted by Crippen LogP contribution is -2.24. The van der Waals surface area contributed by atoms with E-state index in [1.54, 1.807) is 24.6 Å². The number of nitrogens with zero attached hydrogens (tertiary/aromatic N) is 3. The zero-order valence-corrected chi connectivity index (χ0v) is 16.5. The van der Waals surface area contributed by atoms with Gasteiger partial charge in [0, 0.05) is 17.5 Å². The van der Waals surface area contributed by atoms with Crippen LogP contribution in [0.15, 0.2) is 30.5 Å². The molecule has 0 N–H and O–H groups in total. The van der Waals surface area contributed by atoms with Crippen molar-refractivity contribution in [1.29, 1.82) is 0 Å². The van der Waals surface area contributed by atoms with Gasteiger partial charge in [0.05, 0.1) is 34.6 Å². The highest BCUT2D eigenvalue weighted by molar-refractivity contribution is 7.22. The minimum absolute atomic E-state index is 0.168. The second kappa shape index (κ2) is 5.63. The highest BCUT2D eigenvalue weighted by Gasteiger charge is 2.32. The highest BCUT2D eigenvalue weighted by atomic mass is 32.1. The van der Waals surface area contributed by atoms with Crippen molar-refractivity contribution in [2.24, 2.45) is 0 Å². The van der Waals surface area contributed by atoms with Crippen LogP contribution in [0.5, 0.6) is 11.6 Å². The average Bonchev–Trinajstić information content (AvgIpc) is 3.19. The number of aryl methyl sites for hydroxylation is 1. The topological polar surface area (TPSA) is 57.1 Å². The van der Waals surface area contributed by atoms with E-state index in [9.17, 15) is 0 Å². The SMILES string of the molecule is COc1cnc2c(-c3nc4ccc5c(c4s3)CC(C)(C)O5)cc(C)cc2n1. The molecule has 0 spiro atoms. The maximum absolute atomic E-state index is 6.07. The largest absolute Gasteiger partial charge is 0.487 e. The number of hydrogen-bond donors (Lipinski definition) is 0. The maximum atomic E-state index is 6.07. The van der Waals surface area contributed by atoms with Gasteiger partial charge in [0.1, 0.15) is 16.4 Å². The van der Waals surface area contributed by atoms with Crippen molar-refractivity contribution in [3.8, 4) is 22.2 Å². The van der Waals surface area contributed by atoms with Crippen LogP contribution in [-0.2, 0) is 6.42 Å². The molecule has 0 amide bonds. The zero-order chi connectivity index (χ0) is 18.8. The third-order valence-electron chi connectivity index (χ3n) is 4.81. The first-order valence-corrected chi connectivity index (χ1v) is 9.68. The first-order valence-electron chi connectivity index (χ1n) is 8.87. The van der Waals surface area contributed by atoms with Gasteiger partial charge in [-0.1, -0.05) is 0 Å². The van der Waals surface area contributed by atoms with Crippen LogP contribution in [0.25, 0.3) is 31.8 Å². The van der Waals surface area contributed by atoms with Crippen LogP contribution in [0, 0.1) is 6.92 Å². The van der Waals surface area contributed by atoms with Gasteiger partial charge in [-0.05, 0) is 50.6 Å². The summed E-state index contributed by atoms with van der Waals surface area (Å²) in [6.07, 6.45) is 2.55. The van der Waals surface area contributed by atoms with Gasteiger partial charge < -0.3 is 9.47 Å². The van der Waals surface area contributed by atoms with Crippen LogP contribution in [0.2, 0.25) is 0 Å². The van der Waals surface area contributed by atoms with Gasteiger partial charge in [0.25, 0.3) is 0 Å². The number of rotatable bonds is 2. The van der Waals surface area contributed by atoms with Gasteiger partial charge in [-0.3, -0.25) is 0 Å². The summed E-state index contributed by atoms with van der Waals surface area (Å²) in [4.78, 5) is 14.0. The smallest absolute Gasteiger partial charge is 0.232 e. The minimum atomic E-state index is -0.168. The summed E-state index contributed by atoms with van der Waals surface area (Å²) in [6.45, 7) is 6.31. The monoisotopic (exact) mass is 377 g/mol. The van der Waals surface area contributed by atoms with Gasteiger partial charge in [0.15, 0.2) is 0 Å². The molecule has 5 nitrogen and oxygen atoms in total. The van der Waals surface area contributed by atoms with E-state index in [-0.39, 0.29) is 5.60 Å². The summed E-state index contributed by atoms with van der Waals surface area (Å²) < 4.78 is 12.5. The zero-order valence-electron chi connectivity index (χ0n) is 15.7. The Morgan fingerprint density at radius 2 is 2.00 bits per heavy atom. The highest BCUT2D eigenvalue weighted by Crippen LogP contribution is 2.43. The van der Waals surface area contributed by atoms with Crippen LogP contribution in [0.1, 0.15) is 25.0 Å². The Hall–Kier alpha value is -2.73. The van der Waals surface area contributed by atoms with Crippen molar-refractivity contribution in [2.75, 3.05) is 7.11 Å². The van der Waals surface area contributed by atoms with Crippen molar-refractivity contribution >= 4 is 32.6 Å². The summed E-state index contributed by atoms with van der Waals surface area (Å²) in [5.41, 5.74) is 5.88. The summed E-state index contributed by atoms with van der Waals surface area (Å²) in [7, 11) is 1.60. The lowest BCUT2D eigenvalue weighted by molar-refractivity contribution is 0.138. The van der Waals surface area contributed by atoms with E-state index < -0.39 is 0 Å². The number of aromatic nitrogens is 3. The first kappa shape index (κ1) is 16.4. The Balaban J connectivity index is 1.73. The van der Waals surface area contributed by atoms with Crippen LogP contribution in [0.3, 0.4) is 0 Å². The normalized spacial score (nSPS) is 15.1. The van der Waals surface area contributed by atoms with Gasteiger partial charge >= 0.3 is 0 Å². The number of hydrogen-bond acceptors (Lipinski definition) is 6. The van der Waals surface area contributed by atoms with E-state index in [4.69, 9.17) is 14.5 Å². The quantitative estimate of drug-likeness (QED) is 0.495. The Bertz CT molecular complexity index is 1210.